The molecule has 3 heteroatoms. The summed E-state index contributed by atoms with van der Waals surface area (Å²) in [6, 6.07) is 0. The Labute approximate surface area is 96.7 Å². The third-order valence-corrected chi connectivity index (χ3v) is 4.47. The molecule has 0 saturated heterocycles. The van der Waals surface area contributed by atoms with Gasteiger partial charge in [-0.05, 0) is 50.4 Å². The quantitative estimate of drug-likeness (QED) is 0.575. The molecule has 0 bridgehead atoms. The number of rotatable bonds is 3. The highest BCUT2D eigenvalue weighted by Gasteiger charge is 2.54. The van der Waals surface area contributed by atoms with Gasteiger partial charge in [0.2, 0.25) is 5.91 Å². The lowest BCUT2D eigenvalue weighted by Gasteiger charge is -2.04. The number of hydrogen-bond donors (Lipinski definition) is 1. The third kappa shape index (κ3) is 1.87. The van der Waals surface area contributed by atoms with Crippen molar-refractivity contribution in [1.29, 1.82) is 0 Å². The first-order valence-corrected chi connectivity index (χ1v) is 6.61. The molecule has 88 valence electrons. The molecule has 0 aliphatic heterocycles. The number of hydrogen-bond acceptors (Lipinski definition) is 2. The second-order valence-electron chi connectivity index (χ2n) is 5.64. The molecule has 3 nitrogen and oxygen atoms in total. The van der Waals surface area contributed by atoms with Crippen LogP contribution in [-0.4, -0.2) is 11.6 Å². The van der Waals surface area contributed by atoms with Crippen LogP contribution in [0.15, 0.2) is 5.10 Å². The van der Waals surface area contributed by atoms with E-state index in [1.54, 1.807) is 0 Å². The molecule has 1 amide bonds. The van der Waals surface area contributed by atoms with E-state index in [1.165, 1.54) is 38.5 Å². The lowest BCUT2D eigenvalue weighted by Crippen LogP contribution is -2.22. The molecule has 0 unspecified atom stereocenters. The van der Waals surface area contributed by atoms with Crippen LogP contribution in [0.25, 0.3) is 0 Å². The van der Waals surface area contributed by atoms with Gasteiger partial charge in [0.05, 0.1) is 0 Å². The number of carbonyl (C=O) groups excluding carboxylic acids is 1. The predicted octanol–water partition coefficient (Wildman–Crippen LogP) is 2.32. The molecular formula is C13H20N2O. The van der Waals surface area contributed by atoms with Crippen LogP contribution in [0.3, 0.4) is 0 Å². The molecule has 3 saturated carbocycles. The van der Waals surface area contributed by atoms with E-state index in [0.29, 0.717) is 23.7 Å². The van der Waals surface area contributed by atoms with E-state index in [1.807, 2.05) is 6.92 Å². The standard InChI is InChI=1S/C13H20N2O/c1-8(9-6-7-9)14-15-13(16)12-10-4-2-3-5-11(10)12/h9-12H,2-7H2,1H3,(H,15,16)/t10-,11-/m0/s1. The minimum Gasteiger partial charge on any atom is -0.273 e. The molecule has 3 aliphatic carbocycles. The zero-order chi connectivity index (χ0) is 11.1. The maximum Gasteiger partial charge on any atom is 0.243 e. The summed E-state index contributed by atoms with van der Waals surface area (Å²) in [5.74, 6) is 2.49. The summed E-state index contributed by atoms with van der Waals surface area (Å²) < 4.78 is 0. The zero-order valence-electron chi connectivity index (χ0n) is 9.91. The smallest absolute Gasteiger partial charge is 0.243 e. The molecular weight excluding hydrogens is 200 g/mol. The number of hydrazone groups is 1. The van der Waals surface area contributed by atoms with E-state index in [9.17, 15) is 4.79 Å². The number of fused-ring (bicyclic) bond motifs is 1. The van der Waals surface area contributed by atoms with Gasteiger partial charge in [-0.3, -0.25) is 4.79 Å². The Morgan fingerprint density at radius 3 is 2.31 bits per heavy atom. The van der Waals surface area contributed by atoms with Gasteiger partial charge in [0.15, 0.2) is 0 Å². The Bertz CT molecular complexity index is 321. The van der Waals surface area contributed by atoms with Gasteiger partial charge >= 0.3 is 0 Å². The van der Waals surface area contributed by atoms with Crippen molar-refractivity contribution in [3.05, 3.63) is 0 Å². The van der Waals surface area contributed by atoms with Crippen LogP contribution in [0.2, 0.25) is 0 Å². The minimum atomic E-state index is 0.178. The molecule has 0 aromatic carbocycles. The summed E-state index contributed by atoms with van der Waals surface area (Å²) in [4.78, 5) is 11.9. The van der Waals surface area contributed by atoms with Gasteiger partial charge in [-0.1, -0.05) is 12.8 Å². The Morgan fingerprint density at radius 2 is 1.75 bits per heavy atom. The molecule has 3 fully saturated rings. The molecule has 16 heavy (non-hydrogen) atoms. The van der Waals surface area contributed by atoms with Crippen molar-refractivity contribution in [2.45, 2.75) is 45.4 Å². The molecule has 0 spiro atoms. The minimum absolute atomic E-state index is 0.178. The molecule has 1 N–H and O–H groups in total. The molecule has 0 aromatic heterocycles. The maximum atomic E-state index is 11.9. The summed E-state index contributed by atoms with van der Waals surface area (Å²) in [6.07, 6.45) is 7.65. The SMILES string of the molecule is CC(=NNC(=O)C1[C@H]2CCCC[C@H]12)C1CC1. The Hall–Kier alpha value is -0.860. The molecule has 0 aromatic rings. The van der Waals surface area contributed by atoms with Crippen molar-refractivity contribution >= 4 is 11.6 Å². The van der Waals surface area contributed by atoms with Crippen molar-refractivity contribution in [2.24, 2.45) is 28.8 Å². The van der Waals surface area contributed by atoms with Gasteiger partial charge in [-0.25, -0.2) is 5.43 Å². The van der Waals surface area contributed by atoms with E-state index in [2.05, 4.69) is 10.5 Å². The Kier molecular flexibility index (Phi) is 2.49. The third-order valence-electron chi connectivity index (χ3n) is 4.47. The number of amides is 1. The van der Waals surface area contributed by atoms with Crippen LogP contribution in [0.4, 0.5) is 0 Å². The monoisotopic (exact) mass is 220 g/mol. The second kappa shape index (κ2) is 3.86. The molecule has 0 radical (unpaired) electrons. The van der Waals surface area contributed by atoms with E-state index < -0.39 is 0 Å². The first-order chi connectivity index (χ1) is 7.77. The van der Waals surface area contributed by atoms with Crippen LogP contribution < -0.4 is 5.43 Å². The van der Waals surface area contributed by atoms with E-state index in [4.69, 9.17) is 0 Å². The van der Waals surface area contributed by atoms with Crippen LogP contribution in [0.1, 0.15) is 45.4 Å². The van der Waals surface area contributed by atoms with Gasteiger partial charge in [-0.15, -0.1) is 0 Å². The summed E-state index contributed by atoms with van der Waals surface area (Å²) in [7, 11) is 0. The van der Waals surface area contributed by atoms with Crippen LogP contribution in [-0.2, 0) is 4.79 Å². The zero-order valence-corrected chi connectivity index (χ0v) is 9.91. The Morgan fingerprint density at radius 1 is 1.12 bits per heavy atom. The molecule has 3 aliphatic rings. The number of carbonyl (C=O) groups is 1. The summed E-state index contributed by atoms with van der Waals surface area (Å²) >= 11 is 0. The van der Waals surface area contributed by atoms with Gasteiger partial charge in [0.25, 0.3) is 0 Å². The van der Waals surface area contributed by atoms with Crippen molar-refractivity contribution in [2.75, 3.05) is 0 Å². The predicted molar refractivity (Wildman–Crippen MR) is 62.9 cm³/mol. The van der Waals surface area contributed by atoms with E-state index in [-0.39, 0.29) is 5.91 Å². The van der Waals surface area contributed by atoms with Gasteiger partial charge in [-0.2, -0.15) is 5.10 Å². The van der Waals surface area contributed by atoms with Crippen LogP contribution in [0, 0.1) is 23.7 Å². The summed E-state index contributed by atoms with van der Waals surface area (Å²) in [5.41, 5.74) is 3.88. The first kappa shape index (κ1) is 10.3. The molecule has 3 rings (SSSR count). The highest BCUT2D eigenvalue weighted by atomic mass is 16.2. The lowest BCUT2D eigenvalue weighted by atomic mass is 10.0. The van der Waals surface area contributed by atoms with Crippen molar-refractivity contribution in [3.8, 4) is 0 Å². The fourth-order valence-corrected chi connectivity index (χ4v) is 3.19. The molecule has 2 atom stereocenters. The first-order valence-electron chi connectivity index (χ1n) is 6.61. The average Bonchev–Trinajstić information content (AvgIpc) is 3.16. The van der Waals surface area contributed by atoms with E-state index in [0.717, 1.165) is 5.71 Å². The Balaban J connectivity index is 1.52. The topological polar surface area (TPSA) is 41.5 Å². The molecule has 0 heterocycles. The fourth-order valence-electron chi connectivity index (χ4n) is 3.19. The fraction of sp³-hybridized carbons (Fsp3) is 0.846. The van der Waals surface area contributed by atoms with Crippen molar-refractivity contribution in [3.63, 3.8) is 0 Å². The van der Waals surface area contributed by atoms with Crippen molar-refractivity contribution in [1.82, 2.24) is 5.43 Å². The average molecular weight is 220 g/mol. The maximum absolute atomic E-state index is 11.9. The van der Waals surface area contributed by atoms with Crippen molar-refractivity contribution < 1.29 is 4.79 Å². The highest BCUT2D eigenvalue weighted by Crippen LogP contribution is 2.55. The largest absolute Gasteiger partial charge is 0.273 e. The summed E-state index contributed by atoms with van der Waals surface area (Å²) in [5, 5.41) is 4.22. The lowest BCUT2D eigenvalue weighted by molar-refractivity contribution is -0.122. The summed E-state index contributed by atoms with van der Waals surface area (Å²) in [6.45, 7) is 2.03. The van der Waals surface area contributed by atoms with Crippen LogP contribution in [0.5, 0.6) is 0 Å². The normalized spacial score (nSPS) is 37.8. The number of nitrogens with one attached hydrogen (secondary N) is 1. The van der Waals surface area contributed by atoms with Gasteiger partial charge in [0.1, 0.15) is 0 Å². The van der Waals surface area contributed by atoms with Gasteiger partial charge in [0, 0.05) is 11.6 Å². The van der Waals surface area contributed by atoms with Crippen LogP contribution >= 0.6 is 0 Å². The van der Waals surface area contributed by atoms with Gasteiger partial charge < -0.3 is 0 Å². The number of nitrogens with zero attached hydrogens (tertiary/aromatic N) is 1. The highest BCUT2D eigenvalue weighted by molar-refractivity contribution is 5.89. The second-order valence-corrected chi connectivity index (χ2v) is 5.64. The van der Waals surface area contributed by atoms with E-state index >= 15 is 0 Å².